The number of furan rings is 1. The highest BCUT2D eigenvalue weighted by molar-refractivity contribution is 6.42. The van der Waals surface area contributed by atoms with Crippen LogP contribution in [-0.2, 0) is 19.6 Å². The van der Waals surface area contributed by atoms with E-state index in [1.54, 1.807) is 12.1 Å². The summed E-state index contributed by atoms with van der Waals surface area (Å²) in [6.45, 7) is 7.66. The molecule has 0 bridgehead atoms. The van der Waals surface area contributed by atoms with Crippen molar-refractivity contribution < 1.29 is 13.9 Å². The number of rotatable bonds is 8. The first kappa shape index (κ1) is 23.4. The Morgan fingerprint density at radius 1 is 1.03 bits per heavy atom. The number of benzene rings is 2. The standard InChI is InChI=1S/C26H26Cl2N2O3/c1-2-5-20-6-3-4-7-24(20)32-18-21-9-11-25(33-21)26(31)30-14-12-29(13-15-30)17-19-8-10-22(27)23(28)16-19/h2-4,6-11,16H,1,5,12-15,17-18H2. The number of halogens is 2. The predicted octanol–water partition coefficient (Wildman–Crippen LogP) is 5.85. The molecule has 0 atom stereocenters. The lowest BCUT2D eigenvalue weighted by Crippen LogP contribution is -2.48. The van der Waals surface area contributed by atoms with Gasteiger partial charge < -0.3 is 14.1 Å². The van der Waals surface area contributed by atoms with Gasteiger partial charge in [0.25, 0.3) is 5.91 Å². The molecule has 0 radical (unpaired) electrons. The van der Waals surface area contributed by atoms with E-state index in [1.165, 1.54) is 0 Å². The van der Waals surface area contributed by atoms with Crippen LogP contribution in [-0.4, -0.2) is 41.9 Å². The molecule has 4 rings (SSSR count). The van der Waals surface area contributed by atoms with Crippen LogP contribution in [0, 0.1) is 0 Å². The van der Waals surface area contributed by atoms with Crippen LogP contribution in [0.15, 0.2) is 71.7 Å². The Hall–Kier alpha value is -2.73. The Bertz CT molecular complexity index is 1120. The van der Waals surface area contributed by atoms with Crippen LogP contribution in [0.1, 0.15) is 27.4 Å². The summed E-state index contributed by atoms with van der Waals surface area (Å²) in [6.07, 6.45) is 2.57. The molecular formula is C26H26Cl2N2O3. The van der Waals surface area contributed by atoms with Crippen LogP contribution < -0.4 is 4.74 Å². The number of amides is 1. The quantitative estimate of drug-likeness (QED) is 0.376. The number of hydrogen-bond donors (Lipinski definition) is 0. The van der Waals surface area contributed by atoms with E-state index in [9.17, 15) is 4.79 Å². The van der Waals surface area contributed by atoms with E-state index < -0.39 is 0 Å². The van der Waals surface area contributed by atoms with Gasteiger partial charge in [0.2, 0.25) is 0 Å². The Kier molecular flexibility index (Phi) is 7.76. The van der Waals surface area contributed by atoms with Crippen molar-refractivity contribution >= 4 is 29.1 Å². The van der Waals surface area contributed by atoms with Gasteiger partial charge in [0.05, 0.1) is 10.0 Å². The molecule has 0 N–H and O–H groups in total. The maximum Gasteiger partial charge on any atom is 0.289 e. The molecular weight excluding hydrogens is 459 g/mol. The monoisotopic (exact) mass is 484 g/mol. The maximum atomic E-state index is 12.9. The molecule has 5 nitrogen and oxygen atoms in total. The molecule has 0 unspecified atom stereocenters. The first-order valence-corrected chi connectivity index (χ1v) is 11.6. The number of hydrogen-bond acceptors (Lipinski definition) is 4. The average Bonchev–Trinajstić information content (AvgIpc) is 3.30. The Balaban J connectivity index is 1.29. The van der Waals surface area contributed by atoms with Crippen molar-refractivity contribution in [3.05, 3.63) is 99.9 Å². The minimum Gasteiger partial charge on any atom is -0.485 e. The van der Waals surface area contributed by atoms with Gasteiger partial charge in [-0.15, -0.1) is 6.58 Å². The van der Waals surface area contributed by atoms with Gasteiger partial charge >= 0.3 is 0 Å². The molecule has 1 aromatic heterocycles. The predicted molar refractivity (Wildman–Crippen MR) is 131 cm³/mol. The normalized spacial score (nSPS) is 14.3. The molecule has 2 aromatic carbocycles. The average molecular weight is 485 g/mol. The zero-order valence-corrected chi connectivity index (χ0v) is 19.8. The lowest BCUT2D eigenvalue weighted by Gasteiger charge is -2.34. The van der Waals surface area contributed by atoms with Gasteiger partial charge in [0.15, 0.2) is 5.76 Å². The van der Waals surface area contributed by atoms with E-state index >= 15 is 0 Å². The van der Waals surface area contributed by atoms with Crippen LogP contribution in [0.2, 0.25) is 10.0 Å². The molecule has 1 aliphatic rings. The largest absolute Gasteiger partial charge is 0.485 e. The summed E-state index contributed by atoms with van der Waals surface area (Å²) in [5, 5.41) is 1.12. The molecule has 33 heavy (non-hydrogen) atoms. The highest BCUT2D eigenvalue weighted by Crippen LogP contribution is 2.24. The molecule has 3 aromatic rings. The number of nitrogens with zero attached hydrogens (tertiary/aromatic N) is 2. The smallest absolute Gasteiger partial charge is 0.289 e. The minimum atomic E-state index is -0.0949. The van der Waals surface area contributed by atoms with Crippen LogP contribution in [0.3, 0.4) is 0 Å². The summed E-state index contributed by atoms with van der Waals surface area (Å²) < 4.78 is 11.7. The van der Waals surface area contributed by atoms with E-state index in [0.717, 1.165) is 42.9 Å². The number of para-hydroxylation sites is 1. The second kappa shape index (κ2) is 10.9. The van der Waals surface area contributed by atoms with Gasteiger partial charge in [-0.25, -0.2) is 0 Å². The number of ether oxygens (including phenoxy) is 1. The van der Waals surface area contributed by atoms with Crippen LogP contribution in [0.4, 0.5) is 0 Å². The summed E-state index contributed by atoms with van der Waals surface area (Å²) in [4.78, 5) is 17.0. The highest BCUT2D eigenvalue weighted by atomic mass is 35.5. The molecule has 0 spiro atoms. The number of carbonyl (C=O) groups is 1. The maximum absolute atomic E-state index is 12.9. The number of carbonyl (C=O) groups excluding carboxylic acids is 1. The third-order valence-electron chi connectivity index (χ3n) is 5.63. The van der Waals surface area contributed by atoms with Crippen molar-refractivity contribution in [2.45, 2.75) is 19.6 Å². The second-order valence-electron chi connectivity index (χ2n) is 7.97. The summed E-state index contributed by atoms with van der Waals surface area (Å²) in [5.74, 6) is 1.65. The van der Waals surface area contributed by atoms with Crippen molar-refractivity contribution in [3.8, 4) is 5.75 Å². The fraction of sp³-hybridized carbons (Fsp3) is 0.269. The van der Waals surface area contributed by atoms with E-state index in [4.69, 9.17) is 32.4 Å². The second-order valence-corrected chi connectivity index (χ2v) is 8.79. The third kappa shape index (κ3) is 5.99. The first-order chi connectivity index (χ1) is 16.0. The molecule has 1 aliphatic heterocycles. The van der Waals surface area contributed by atoms with Gasteiger partial charge in [-0.05, 0) is 47.9 Å². The van der Waals surface area contributed by atoms with Crippen molar-refractivity contribution in [2.24, 2.45) is 0 Å². The Morgan fingerprint density at radius 3 is 2.58 bits per heavy atom. The SMILES string of the molecule is C=CCc1ccccc1OCc1ccc(C(=O)N2CCN(Cc3ccc(Cl)c(Cl)c3)CC2)o1. The summed E-state index contributed by atoms with van der Waals surface area (Å²) in [6, 6.07) is 17.0. The van der Waals surface area contributed by atoms with Crippen molar-refractivity contribution in [2.75, 3.05) is 26.2 Å². The highest BCUT2D eigenvalue weighted by Gasteiger charge is 2.24. The topological polar surface area (TPSA) is 45.9 Å². The van der Waals surface area contributed by atoms with Crippen molar-refractivity contribution in [1.82, 2.24) is 9.80 Å². The number of allylic oxidation sites excluding steroid dienone is 1. The van der Waals surface area contributed by atoms with Gasteiger partial charge in [-0.2, -0.15) is 0 Å². The molecule has 1 amide bonds. The first-order valence-electron chi connectivity index (χ1n) is 10.9. The van der Waals surface area contributed by atoms with Gasteiger partial charge in [0.1, 0.15) is 18.1 Å². The molecule has 172 valence electrons. The zero-order valence-electron chi connectivity index (χ0n) is 18.3. The molecule has 1 saturated heterocycles. The molecule has 1 fully saturated rings. The fourth-order valence-corrected chi connectivity index (χ4v) is 4.17. The zero-order chi connectivity index (χ0) is 23.2. The van der Waals surface area contributed by atoms with Gasteiger partial charge in [-0.1, -0.05) is 53.5 Å². The van der Waals surface area contributed by atoms with E-state index in [2.05, 4.69) is 11.5 Å². The van der Waals surface area contributed by atoms with Crippen LogP contribution in [0.5, 0.6) is 5.75 Å². The third-order valence-corrected chi connectivity index (χ3v) is 6.37. The molecule has 7 heteroatoms. The van der Waals surface area contributed by atoms with Crippen molar-refractivity contribution in [3.63, 3.8) is 0 Å². The molecule has 0 saturated carbocycles. The van der Waals surface area contributed by atoms with Crippen molar-refractivity contribution in [1.29, 1.82) is 0 Å². The van der Waals surface area contributed by atoms with E-state index in [1.807, 2.05) is 53.4 Å². The summed E-state index contributed by atoms with van der Waals surface area (Å²) in [7, 11) is 0. The number of piperazine rings is 1. The van der Waals surface area contributed by atoms with E-state index in [0.29, 0.717) is 34.7 Å². The Morgan fingerprint density at radius 2 is 1.82 bits per heavy atom. The fourth-order valence-electron chi connectivity index (χ4n) is 3.85. The summed E-state index contributed by atoms with van der Waals surface area (Å²) in [5.41, 5.74) is 2.17. The van der Waals surface area contributed by atoms with Gasteiger partial charge in [0, 0.05) is 32.7 Å². The Labute approximate surface area is 204 Å². The van der Waals surface area contributed by atoms with E-state index in [-0.39, 0.29) is 12.5 Å². The minimum absolute atomic E-state index is 0.0949. The summed E-state index contributed by atoms with van der Waals surface area (Å²) >= 11 is 12.1. The lowest BCUT2D eigenvalue weighted by molar-refractivity contribution is 0.0594. The van der Waals surface area contributed by atoms with Gasteiger partial charge in [-0.3, -0.25) is 9.69 Å². The van der Waals surface area contributed by atoms with Crippen LogP contribution in [0.25, 0.3) is 0 Å². The van der Waals surface area contributed by atoms with Crippen LogP contribution >= 0.6 is 23.2 Å². The molecule has 2 heterocycles. The lowest BCUT2D eigenvalue weighted by atomic mass is 10.1. The molecule has 0 aliphatic carbocycles.